The molecule has 3 nitrogen and oxygen atoms in total. The van der Waals surface area contributed by atoms with E-state index in [1.807, 2.05) is 11.3 Å². The Hall–Kier alpha value is -1.46. The van der Waals surface area contributed by atoms with Gasteiger partial charge in [0.05, 0.1) is 11.9 Å². The summed E-state index contributed by atoms with van der Waals surface area (Å²) in [4.78, 5) is 12.9. The predicted molar refractivity (Wildman–Crippen MR) is 85.7 cm³/mol. The minimum absolute atomic E-state index is 0.842. The number of hydrogen-bond donors (Lipinski definition) is 1. The lowest BCUT2D eigenvalue weighted by Crippen LogP contribution is -2.03. The zero-order valence-electron chi connectivity index (χ0n) is 11.1. The van der Waals surface area contributed by atoms with Gasteiger partial charge in [0.1, 0.15) is 17.0 Å². The summed E-state index contributed by atoms with van der Waals surface area (Å²) in [5.74, 6) is 1.00. The molecule has 0 fully saturated rings. The number of nitrogens with zero attached hydrogens (tertiary/aromatic N) is 2. The Morgan fingerprint density at radius 3 is 3.05 bits per heavy atom. The summed E-state index contributed by atoms with van der Waals surface area (Å²) in [6.45, 7) is 0.842. The number of anilines is 1. The Labute approximate surface area is 125 Å². The SMILES string of the molecule is c1csc(CNc2ncnc3sc4c(c23)CCCC4)c1. The van der Waals surface area contributed by atoms with E-state index in [9.17, 15) is 0 Å². The summed E-state index contributed by atoms with van der Waals surface area (Å²) in [7, 11) is 0. The molecule has 0 saturated heterocycles. The predicted octanol–water partition coefficient (Wildman–Crippen LogP) is 4.24. The normalized spacial score (nSPS) is 14.4. The Morgan fingerprint density at radius 1 is 1.20 bits per heavy atom. The lowest BCUT2D eigenvalue weighted by Gasteiger charge is -2.12. The van der Waals surface area contributed by atoms with E-state index < -0.39 is 0 Å². The molecule has 1 aliphatic rings. The second kappa shape index (κ2) is 5.14. The van der Waals surface area contributed by atoms with E-state index in [4.69, 9.17) is 0 Å². The fourth-order valence-corrected chi connectivity index (χ4v) is 4.68. The quantitative estimate of drug-likeness (QED) is 0.786. The van der Waals surface area contributed by atoms with E-state index >= 15 is 0 Å². The van der Waals surface area contributed by atoms with Crippen LogP contribution < -0.4 is 5.32 Å². The number of thiophene rings is 2. The summed E-state index contributed by atoms with van der Waals surface area (Å²) in [5, 5.41) is 6.87. The molecule has 1 N–H and O–H groups in total. The lowest BCUT2D eigenvalue weighted by molar-refractivity contribution is 0.700. The van der Waals surface area contributed by atoms with Crippen LogP contribution in [0.15, 0.2) is 23.8 Å². The van der Waals surface area contributed by atoms with E-state index in [2.05, 4.69) is 32.8 Å². The molecule has 0 unspecified atom stereocenters. The van der Waals surface area contributed by atoms with Crippen LogP contribution in [0.1, 0.15) is 28.2 Å². The molecule has 0 radical (unpaired) electrons. The maximum atomic E-state index is 4.48. The first-order valence-corrected chi connectivity index (χ1v) is 8.63. The Morgan fingerprint density at radius 2 is 2.15 bits per heavy atom. The van der Waals surface area contributed by atoms with Gasteiger partial charge in [0.25, 0.3) is 0 Å². The number of fused-ring (bicyclic) bond motifs is 3. The third kappa shape index (κ3) is 2.11. The molecule has 0 saturated carbocycles. The fourth-order valence-electron chi connectivity index (χ4n) is 2.81. The molecular formula is C15H15N3S2. The van der Waals surface area contributed by atoms with Gasteiger partial charge in [0.15, 0.2) is 0 Å². The second-order valence-corrected chi connectivity index (χ2v) is 7.16. The highest BCUT2D eigenvalue weighted by Crippen LogP contribution is 2.38. The number of aryl methyl sites for hydroxylation is 2. The third-order valence-electron chi connectivity index (χ3n) is 3.76. The van der Waals surface area contributed by atoms with Crippen LogP contribution in [0.4, 0.5) is 5.82 Å². The standard InChI is InChI=1S/C15H15N3S2/c1-2-6-12-11(5-1)13-14(17-9-18-15(13)20-12)16-8-10-4-3-7-19-10/h3-4,7,9H,1-2,5-6,8H2,(H,16,17,18). The van der Waals surface area contributed by atoms with Crippen LogP contribution in [0.3, 0.4) is 0 Å². The molecule has 20 heavy (non-hydrogen) atoms. The second-order valence-electron chi connectivity index (χ2n) is 5.05. The monoisotopic (exact) mass is 301 g/mol. The van der Waals surface area contributed by atoms with E-state index in [-0.39, 0.29) is 0 Å². The van der Waals surface area contributed by atoms with Crippen molar-refractivity contribution in [3.8, 4) is 0 Å². The van der Waals surface area contributed by atoms with E-state index in [0.29, 0.717) is 0 Å². The van der Waals surface area contributed by atoms with Crippen molar-refractivity contribution in [2.75, 3.05) is 5.32 Å². The maximum absolute atomic E-state index is 4.48. The van der Waals surface area contributed by atoms with Crippen LogP contribution in [-0.4, -0.2) is 9.97 Å². The highest BCUT2D eigenvalue weighted by Gasteiger charge is 2.19. The average molecular weight is 301 g/mol. The summed E-state index contributed by atoms with van der Waals surface area (Å²) >= 11 is 3.62. The van der Waals surface area contributed by atoms with Gasteiger partial charge in [-0.3, -0.25) is 0 Å². The van der Waals surface area contributed by atoms with Crippen molar-refractivity contribution >= 4 is 38.7 Å². The first-order chi connectivity index (χ1) is 9.92. The molecule has 0 aromatic carbocycles. The van der Waals surface area contributed by atoms with Crippen molar-refractivity contribution in [1.29, 1.82) is 0 Å². The first-order valence-electron chi connectivity index (χ1n) is 6.93. The molecule has 102 valence electrons. The molecular weight excluding hydrogens is 286 g/mol. The summed E-state index contributed by atoms with van der Waals surface area (Å²) in [6.07, 6.45) is 6.67. The van der Waals surface area contributed by atoms with Crippen LogP contribution in [0.5, 0.6) is 0 Å². The van der Waals surface area contributed by atoms with Crippen LogP contribution in [-0.2, 0) is 19.4 Å². The van der Waals surface area contributed by atoms with Crippen LogP contribution >= 0.6 is 22.7 Å². The van der Waals surface area contributed by atoms with Crippen molar-refractivity contribution in [2.45, 2.75) is 32.2 Å². The smallest absolute Gasteiger partial charge is 0.138 e. The van der Waals surface area contributed by atoms with Crippen LogP contribution in [0.2, 0.25) is 0 Å². The topological polar surface area (TPSA) is 37.8 Å². The van der Waals surface area contributed by atoms with Gasteiger partial charge in [-0.15, -0.1) is 22.7 Å². The van der Waals surface area contributed by atoms with Gasteiger partial charge in [-0.1, -0.05) is 6.07 Å². The van der Waals surface area contributed by atoms with Gasteiger partial charge in [0, 0.05) is 9.75 Å². The molecule has 0 bridgehead atoms. The molecule has 5 heteroatoms. The van der Waals surface area contributed by atoms with Crippen LogP contribution in [0.25, 0.3) is 10.2 Å². The molecule has 0 spiro atoms. The molecule has 0 atom stereocenters. The largest absolute Gasteiger partial charge is 0.365 e. The van der Waals surface area contributed by atoms with E-state index in [1.54, 1.807) is 17.7 Å². The Balaban J connectivity index is 1.73. The first kappa shape index (κ1) is 12.3. The van der Waals surface area contributed by atoms with Crippen LogP contribution in [0, 0.1) is 0 Å². The Bertz CT molecular complexity index is 731. The third-order valence-corrected chi connectivity index (χ3v) is 5.84. The van der Waals surface area contributed by atoms with E-state index in [1.165, 1.54) is 46.4 Å². The minimum atomic E-state index is 0.842. The fraction of sp³-hybridized carbons (Fsp3) is 0.333. The van der Waals surface area contributed by atoms with Crippen molar-refractivity contribution in [1.82, 2.24) is 9.97 Å². The zero-order chi connectivity index (χ0) is 13.4. The lowest BCUT2D eigenvalue weighted by atomic mass is 9.97. The van der Waals surface area contributed by atoms with Gasteiger partial charge in [-0.05, 0) is 42.7 Å². The molecule has 0 aliphatic heterocycles. The summed E-state index contributed by atoms with van der Waals surface area (Å²) in [5.41, 5.74) is 1.49. The summed E-state index contributed by atoms with van der Waals surface area (Å²) in [6, 6.07) is 4.24. The molecule has 3 aromatic rings. The molecule has 3 heterocycles. The van der Waals surface area contributed by atoms with Gasteiger partial charge < -0.3 is 5.32 Å². The van der Waals surface area contributed by atoms with Gasteiger partial charge in [-0.2, -0.15) is 0 Å². The molecule has 0 amide bonds. The average Bonchev–Trinajstić information content (AvgIpc) is 3.12. The van der Waals surface area contributed by atoms with Crippen molar-refractivity contribution in [3.05, 3.63) is 39.2 Å². The van der Waals surface area contributed by atoms with E-state index in [0.717, 1.165) is 17.2 Å². The van der Waals surface area contributed by atoms with Crippen molar-refractivity contribution in [2.24, 2.45) is 0 Å². The minimum Gasteiger partial charge on any atom is -0.365 e. The number of aromatic nitrogens is 2. The van der Waals surface area contributed by atoms with Gasteiger partial charge >= 0.3 is 0 Å². The maximum Gasteiger partial charge on any atom is 0.138 e. The Kier molecular flexibility index (Phi) is 3.16. The zero-order valence-corrected chi connectivity index (χ0v) is 12.7. The highest BCUT2D eigenvalue weighted by atomic mass is 32.1. The van der Waals surface area contributed by atoms with Gasteiger partial charge in [0.2, 0.25) is 0 Å². The number of rotatable bonds is 3. The number of nitrogens with one attached hydrogen (secondary N) is 1. The van der Waals surface area contributed by atoms with Crippen molar-refractivity contribution in [3.63, 3.8) is 0 Å². The molecule has 1 aliphatic carbocycles. The summed E-state index contributed by atoms with van der Waals surface area (Å²) < 4.78 is 0. The number of hydrogen-bond acceptors (Lipinski definition) is 5. The molecule has 4 rings (SSSR count). The molecule has 3 aromatic heterocycles. The highest BCUT2D eigenvalue weighted by molar-refractivity contribution is 7.19. The van der Waals surface area contributed by atoms with Crippen molar-refractivity contribution < 1.29 is 0 Å². The van der Waals surface area contributed by atoms with Gasteiger partial charge in [-0.25, -0.2) is 9.97 Å².